The summed E-state index contributed by atoms with van der Waals surface area (Å²) in [6, 6.07) is 9.90. The van der Waals surface area contributed by atoms with Gasteiger partial charge in [0.1, 0.15) is 11.6 Å². The summed E-state index contributed by atoms with van der Waals surface area (Å²) >= 11 is 3.44. The summed E-state index contributed by atoms with van der Waals surface area (Å²) < 4.78 is 26.0. The second-order valence-corrected chi connectivity index (χ2v) is 9.07. The molecule has 0 unspecified atom stereocenters. The van der Waals surface area contributed by atoms with Gasteiger partial charge in [0.25, 0.3) is 5.91 Å². The maximum Gasteiger partial charge on any atom is 0.409 e. The number of halogens is 2. The number of carbonyl (C=O) groups excluding carboxylic acids is 2. The Kier molecular flexibility index (Phi) is 9.47. The first-order chi connectivity index (χ1) is 16.8. The summed E-state index contributed by atoms with van der Waals surface area (Å²) in [6.07, 6.45) is 1.66. The number of aryl methyl sites for hydroxylation is 1. The van der Waals surface area contributed by atoms with Gasteiger partial charge in [0.05, 0.1) is 13.7 Å². The minimum absolute atomic E-state index is 0.0653. The zero-order valence-electron chi connectivity index (χ0n) is 19.8. The van der Waals surface area contributed by atoms with Crippen LogP contribution in [0.15, 0.2) is 40.9 Å². The second-order valence-electron chi connectivity index (χ2n) is 8.16. The Bertz CT molecular complexity index is 1070. The SMILES string of the molecule is CCOC(=O)N1CCC(NC(=N)NC(=O)c2cccc(F)c2CCc2cc(Br)ccc2OC)CC1. The van der Waals surface area contributed by atoms with Gasteiger partial charge in [0, 0.05) is 34.7 Å². The molecule has 1 heterocycles. The van der Waals surface area contributed by atoms with E-state index in [9.17, 15) is 14.0 Å². The van der Waals surface area contributed by atoms with E-state index >= 15 is 0 Å². The number of nitrogens with zero attached hydrogens (tertiary/aromatic N) is 1. The smallest absolute Gasteiger partial charge is 0.409 e. The van der Waals surface area contributed by atoms with Crippen molar-refractivity contribution in [1.29, 1.82) is 5.41 Å². The van der Waals surface area contributed by atoms with E-state index in [0.717, 1.165) is 10.0 Å². The van der Waals surface area contributed by atoms with Crippen LogP contribution < -0.4 is 15.4 Å². The largest absolute Gasteiger partial charge is 0.496 e. The van der Waals surface area contributed by atoms with Crippen molar-refractivity contribution in [3.05, 3.63) is 63.4 Å². The number of piperidine rings is 1. The van der Waals surface area contributed by atoms with Gasteiger partial charge in [-0.15, -0.1) is 0 Å². The predicted molar refractivity (Wildman–Crippen MR) is 134 cm³/mol. The van der Waals surface area contributed by atoms with E-state index in [4.69, 9.17) is 14.9 Å². The Morgan fingerprint density at radius 3 is 2.63 bits per heavy atom. The molecular formula is C25H30BrFN4O4. The van der Waals surface area contributed by atoms with Crippen molar-refractivity contribution in [2.75, 3.05) is 26.8 Å². The van der Waals surface area contributed by atoms with Crippen molar-refractivity contribution in [2.24, 2.45) is 0 Å². The Labute approximate surface area is 212 Å². The highest BCUT2D eigenvalue weighted by Gasteiger charge is 2.25. The van der Waals surface area contributed by atoms with Crippen LogP contribution in [0.2, 0.25) is 0 Å². The fraction of sp³-hybridized carbons (Fsp3) is 0.400. The zero-order chi connectivity index (χ0) is 25.4. The van der Waals surface area contributed by atoms with E-state index in [0.29, 0.717) is 44.7 Å². The van der Waals surface area contributed by atoms with Gasteiger partial charge in [-0.1, -0.05) is 22.0 Å². The highest BCUT2D eigenvalue weighted by Crippen LogP contribution is 2.25. The normalized spacial score (nSPS) is 13.8. The van der Waals surface area contributed by atoms with Crippen LogP contribution in [-0.2, 0) is 17.6 Å². The highest BCUT2D eigenvalue weighted by atomic mass is 79.9. The first-order valence-electron chi connectivity index (χ1n) is 11.5. The summed E-state index contributed by atoms with van der Waals surface area (Å²) in [5, 5.41) is 13.7. The molecule has 2 aromatic carbocycles. The standard InChI is InChI=1S/C25H30BrFN4O4/c1-3-35-25(33)31-13-11-18(12-14-31)29-24(28)30-23(32)20-5-4-6-21(27)19(20)9-7-16-15-17(26)8-10-22(16)34-2/h4-6,8,10,15,18H,3,7,9,11-14H2,1-2H3,(H3,28,29,30,32). The molecule has 2 amide bonds. The minimum Gasteiger partial charge on any atom is -0.496 e. The van der Waals surface area contributed by atoms with E-state index in [2.05, 4.69) is 26.6 Å². The number of guanidine groups is 1. The molecule has 8 nitrogen and oxygen atoms in total. The molecule has 1 aliphatic heterocycles. The van der Waals surface area contributed by atoms with E-state index in [1.165, 1.54) is 12.1 Å². The fourth-order valence-corrected chi connectivity index (χ4v) is 4.48. The van der Waals surface area contributed by atoms with Gasteiger partial charge in [-0.05, 0) is 68.5 Å². The van der Waals surface area contributed by atoms with Crippen LogP contribution in [0.3, 0.4) is 0 Å². The van der Waals surface area contributed by atoms with Crippen LogP contribution >= 0.6 is 15.9 Å². The lowest BCUT2D eigenvalue weighted by Gasteiger charge is -2.32. The minimum atomic E-state index is -0.554. The molecule has 0 atom stereocenters. The molecule has 0 aliphatic carbocycles. The molecule has 0 spiro atoms. The Morgan fingerprint density at radius 2 is 1.94 bits per heavy atom. The van der Waals surface area contributed by atoms with Crippen molar-refractivity contribution in [1.82, 2.24) is 15.5 Å². The molecule has 0 bridgehead atoms. The molecule has 35 heavy (non-hydrogen) atoms. The number of hydrogen-bond acceptors (Lipinski definition) is 5. The zero-order valence-corrected chi connectivity index (χ0v) is 21.4. The first kappa shape index (κ1) is 26.5. The van der Waals surface area contributed by atoms with Crippen molar-refractivity contribution in [3.63, 3.8) is 0 Å². The maximum atomic E-state index is 14.7. The van der Waals surface area contributed by atoms with E-state index in [1.54, 1.807) is 25.0 Å². The lowest BCUT2D eigenvalue weighted by Crippen LogP contribution is -2.50. The maximum absolute atomic E-state index is 14.7. The Hall–Kier alpha value is -3.14. The molecule has 0 radical (unpaired) electrons. The number of benzene rings is 2. The van der Waals surface area contributed by atoms with Crippen LogP contribution in [-0.4, -0.2) is 55.7 Å². The molecule has 3 rings (SSSR count). The number of hydrogen-bond donors (Lipinski definition) is 3. The van der Waals surface area contributed by atoms with Gasteiger partial charge >= 0.3 is 6.09 Å². The average molecular weight is 549 g/mol. The molecule has 2 aromatic rings. The third-order valence-electron chi connectivity index (χ3n) is 5.86. The van der Waals surface area contributed by atoms with Crippen LogP contribution in [0.1, 0.15) is 41.3 Å². The summed E-state index contributed by atoms with van der Waals surface area (Å²) in [5.74, 6) is -0.497. The fourth-order valence-electron chi connectivity index (χ4n) is 4.07. The number of amides is 2. The van der Waals surface area contributed by atoms with Crippen molar-refractivity contribution in [2.45, 2.75) is 38.6 Å². The second kappa shape index (κ2) is 12.5. The van der Waals surface area contributed by atoms with Crippen molar-refractivity contribution >= 4 is 33.9 Å². The van der Waals surface area contributed by atoms with Crippen LogP contribution in [0.25, 0.3) is 0 Å². The van der Waals surface area contributed by atoms with Gasteiger partial charge < -0.3 is 19.7 Å². The Balaban J connectivity index is 1.60. The molecule has 0 aromatic heterocycles. The summed E-state index contributed by atoms with van der Waals surface area (Å²) in [6.45, 7) is 3.10. The lowest BCUT2D eigenvalue weighted by molar-refractivity contribution is 0.0961. The van der Waals surface area contributed by atoms with Crippen LogP contribution in [0, 0.1) is 11.2 Å². The van der Waals surface area contributed by atoms with Gasteiger partial charge in [-0.2, -0.15) is 0 Å². The van der Waals surface area contributed by atoms with Gasteiger partial charge in [0.2, 0.25) is 0 Å². The van der Waals surface area contributed by atoms with E-state index in [1.807, 2.05) is 18.2 Å². The number of rotatable bonds is 7. The average Bonchev–Trinajstić information content (AvgIpc) is 2.83. The molecular weight excluding hydrogens is 519 g/mol. The number of likely N-dealkylation sites (tertiary alicyclic amines) is 1. The number of carbonyl (C=O) groups is 2. The quantitative estimate of drug-likeness (QED) is 0.354. The molecule has 1 fully saturated rings. The lowest BCUT2D eigenvalue weighted by atomic mass is 9.98. The summed E-state index contributed by atoms with van der Waals surface area (Å²) in [4.78, 5) is 26.4. The van der Waals surface area contributed by atoms with E-state index in [-0.39, 0.29) is 35.6 Å². The number of nitrogens with one attached hydrogen (secondary N) is 3. The van der Waals surface area contributed by atoms with E-state index < -0.39 is 11.7 Å². The van der Waals surface area contributed by atoms with Gasteiger partial charge in [-0.25, -0.2) is 9.18 Å². The predicted octanol–water partition coefficient (Wildman–Crippen LogP) is 4.26. The van der Waals surface area contributed by atoms with Crippen molar-refractivity contribution < 1.29 is 23.5 Å². The monoisotopic (exact) mass is 548 g/mol. The van der Waals surface area contributed by atoms with Gasteiger partial charge in [0.15, 0.2) is 5.96 Å². The summed E-state index contributed by atoms with van der Waals surface area (Å²) in [7, 11) is 1.58. The van der Waals surface area contributed by atoms with Crippen LogP contribution in [0.4, 0.5) is 9.18 Å². The van der Waals surface area contributed by atoms with Crippen LogP contribution in [0.5, 0.6) is 5.75 Å². The third kappa shape index (κ3) is 7.17. The first-order valence-corrected chi connectivity index (χ1v) is 12.3. The van der Waals surface area contributed by atoms with Gasteiger partial charge in [-0.3, -0.25) is 15.5 Å². The summed E-state index contributed by atoms with van der Waals surface area (Å²) in [5.41, 5.74) is 1.35. The third-order valence-corrected chi connectivity index (χ3v) is 6.35. The molecule has 3 N–H and O–H groups in total. The molecule has 1 saturated heterocycles. The molecule has 10 heteroatoms. The van der Waals surface area contributed by atoms with Crippen molar-refractivity contribution in [3.8, 4) is 5.75 Å². The Morgan fingerprint density at radius 1 is 1.20 bits per heavy atom. The number of ether oxygens (including phenoxy) is 2. The molecule has 0 saturated carbocycles. The number of methoxy groups -OCH3 is 1. The highest BCUT2D eigenvalue weighted by molar-refractivity contribution is 9.10. The molecule has 188 valence electrons. The molecule has 1 aliphatic rings. The topological polar surface area (TPSA) is 104 Å².